The second-order valence-electron chi connectivity index (χ2n) is 4.14. The predicted octanol–water partition coefficient (Wildman–Crippen LogP) is 2.01. The van der Waals surface area contributed by atoms with Crippen LogP contribution in [0.4, 0.5) is 5.95 Å². The van der Waals surface area contributed by atoms with Gasteiger partial charge in [-0.15, -0.1) is 5.10 Å². The first-order valence-corrected chi connectivity index (χ1v) is 7.26. The van der Waals surface area contributed by atoms with Gasteiger partial charge in [-0.05, 0) is 24.6 Å². The minimum absolute atomic E-state index is 0.106. The van der Waals surface area contributed by atoms with E-state index in [0.717, 1.165) is 5.56 Å². The number of benzene rings is 1. The smallest absolute Gasteiger partial charge is 0.230 e. The van der Waals surface area contributed by atoms with E-state index >= 15 is 0 Å². The van der Waals surface area contributed by atoms with Crippen LogP contribution in [0.15, 0.2) is 29.4 Å². The van der Waals surface area contributed by atoms with Crippen LogP contribution in [0.1, 0.15) is 18.5 Å². The molecular formula is C12H14ClN5OS. The topological polar surface area (TPSA) is 96.7 Å². The molecule has 0 bridgehead atoms. The van der Waals surface area contributed by atoms with Gasteiger partial charge in [0.1, 0.15) is 0 Å². The number of H-pyrrole nitrogens is 1. The van der Waals surface area contributed by atoms with Gasteiger partial charge in [-0.2, -0.15) is 4.98 Å². The van der Waals surface area contributed by atoms with Crippen molar-refractivity contribution in [2.24, 2.45) is 0 Å². The number of nitrogens with zero attached hydrogens (tertiary/aromatic N) is 2. The van der Waals surface area contributed by atoms with Crippen molar-refractivity contribution in [3.63, 3.8) is 0 Å². The molecule has 0 unspecified atom stereocenters. The fraction of sp³-hybridized carbons (Fsp3) is 0.250. The van der Waals surface area contributed by atoms with Gasteiger partial charge in [0.25, 0.3) is 0 Å². The van der Waals surface area contributed by atoms with Crippen molar-refractivity contribution in [3.05, 3.63) is 34.9 Å². The van der Waals surface area contributed by atoms with Gasteiger partial charge in [0, 0.05) is 5.02 Å². The Kier molecular flexibility index (Phi) is 4.86. The van der Waals surface area contributed by atoms with Gasteiger partial charge in [-0.3, -0.25) is 4.79 Å². The van der Waals surface area contributed by atoms with Crippen molar-refractivity contribution in [1.82, 2.24) is 20.5 Å². The number of nitrogens with two attached hydrogens (primary N) is 1. The van der Waals surface area contributed by atoms with E-state index in [9.17, 15) is 4.79 Å². The molecule has 6 nitrogen and oxygen atoms in total. The molecule has 2 rings (SSSR count). The van der Waals surface area contributed by atoms with Crippen LogP contribution in [0.2, 0.25) is 5.02 Å². The molecule has 2 aromatic rings. The minimum atomic E-state index is -0.112. The van der Waals surface area contributed by atoms with Gasteiger partial charge in [0.05, 0.1) is 11.8 Å². The molecule has 1 heterocycles. The lowest BCUT2D eigenvalue weighted by molar-refractivity contribution is -0.119. The van der Waals surface area contributed by atoms with Crippen molar-refractivity contribution in [2.75, 3.05) is 11.5 Å². The summed E-state index contributed by atoms with van der Waals surface area (Å²) >= 11 is 7.14. The third kappa shape index (κ3) is 4.14. The largest absolute Gasteiger partial charge is 0.368 e. The lowest BCUT2D eigenvalue weighted by Gasteiger charge is -2.14. The summed E-state index contributed by atoms with van der Waals surface area (Å²) in [5.41, 5.74) is 6.36. The Balaban J connectivity index is 1.85. The van der Waals surface area contributed by atoms with E-state index in [1.807, 2.05) is 25.1 Å². The summed E-state index contributed by atoms with van der Waals surface area (Å²) in [5, 5.41) is 10.3. The molecule has 0 aliphatic rings. The molecule has 0 saturated carbocycles. The lowest BCUT2D eigenvalue weighted by Crippen LogP contribution is -2.28. The Morgan fingerprint density at radius 3 is 3.05 bits per heavy atom. The Morgan fingerprint density at radius 2 is 2.40 bits per heavy atom. The van der Waals surface area contributed by atoms with Crippen LogP contribution < -0.4 is 11.1 Å². The molecule has 0 saturated heterocycles. The van der Waals surface area contributed by atoms with Crippen LogP contribution in [0.25, 0.3) is 0 Å². The maximum atomic E-state index is 11.8. The number of hydrogen-bond donors (Lipinski definition) is 3. The van der Waals surface area contributed by atoms with Gasteiger partial charge in [0.15, 0.2) is 0 Å². The first-order chi connectivity index (χ1) is 9.54. The summed E-state index contributed by atoms with van der Waals surface area (Å²) in [5.74, 6) is 0.355. The van der Waals surface area contributed by atoms with Gasteiger partial charge in [-0.25, -0.2) is 5.10 Å². The van der Waals surface area contributed by atoms with Crippen molar-refractivity contribution < 1.29 is 4.79 Å². The second-order valence-corrected chi connectivity index (χ2v) is 5.52. The number of amides is 1. The zero-order valence-corrected chi connectivity index (χ0v) is 12.3. The standard InChI is InChI=1S/C12H14ClN5OS/c1-7(8-3-2-4-9(13)5-8)15-10(19)6-20-12-16-11(14)17-18-12/h2-5,7H,6H2,1H3,(H,15,19)(H3,14,16,17,18)/t7-/m0/s1. The fourth-order valence-electron chi connectivity index (χ4n) is 1.60. The lowest BCUT2D eigenvalue weighted by atomic mass is 10.1. The second kappa shape index (κ2) is 6.62. The summed E-state index contributed by atoms with van der Waals surface area (Å²) in [6, 6.07) is 7.28. The van der Waals surface area contributed by atoms with Crippen LogP contribution in [-0.4, -0.2) is 26.8 Å². The number of aromatic amines is 1. The number of thioether (sulfide) groups is 1. The average molecular weight is 312 g/mol. The van der Waals surface area contributed by atoms with Crippen molar-refractivity contribution >= 4 is 35.2 Å². The molecule has 1 aromatic carbocycles. The zero-order chi connectivity index (χ0) is 14.5. The van der Waals surface area contributed by atoms with Crippen molar-refractivity contribution in [3.8, 4) is 0 Å². The maximum Gasteiger partial charge on any atom is 0.230 e. The molecular weight excluding hydrogens is 298 g/mol. The van der Waals surface area contributed by atoms with Gasteiger partial charge in [0.2, 0.25) is 17.0 Å². The van der Waals surface area contributed by atoms with Crippen LogP contribution in [0.3, 0.4) is 0 Å². The van der Waals surface area contributed by atoms with E-state index in [-0.39, 0.29) is 23.7 Å². The summed E-state index contributed by atoms with van der Waals surface area (Å²) in [7, 11) is 0. The number of halogens is 1. The molecule has 0 spiro atoms. The number of carbonyl (C=O) groups excluding carboxylic acids is 1. The number of hydrogen-bond acceptors (Lipinski definition) is 5. The molecule has 0 aliphatic heterocycles. The van der Waals surface area contributed by atoms with Gasteiger partial charge in [-0.1, -0.05) is 35.5 Å². The third-order valence-corrected chi connectivity index (χ3v) is 3.62. The van der Waals surface area contributed by atoms with Crippen molar-refractivity contribution in [2.45, 2.75) is 18.1 Å². The van der Waals surface area contributed by atoms with E-state index in [2.05, 4.69) is 20.5 Å². The summed E-state index contributed by atoms with van der Waals surface area (Å²) in [4.78, 5) is 15.7. The Hall–Kier alpha value is -1.73. The SMILES string of the molecule is C[C@H](NC(=O)CSc1n[nH]c(N)n1)c1cccc(Cl)c1. The van der Waals surface area contributed by atoms with Crippen LogP contribution >= 0.6 is 23.4 Å². The van der Waals surface area contributed by atoms with Gasteiger partial charge >= 0.3 is 0 Å². The fourth-order valence-corrected chi connectivity index (χ4v) is 2.41. The highest BCUT2D eigenvalue weighted by Crippen LogP contribution is 2.18. The van der Waals surface area contributed by atoms with E-state index < -0.39 is 0 Å². The van der Waals surface area contributed by atoms with E-state index in [4.69, 9.17) is 17.3 Å². The van der Waals surface area contributed by atoms with E-state index in [1.165, 1.54) is 11.8 Å². The number of anilines is 1. The molecule has 1 aromatic heterocycles. The Morgan fingerprint density at radius 1 is 1.60 bits per heavy atom. The monoisotopic (exact) mass is 311 g/mol. The molecule has 0 radical (unpaired) electrons. The highest BCUT2D eigenvalue weighted by Gasteiger charge is 2.11. The van der Waals surface area contributed by atoms with Crippen LogP contribution in [-0.2, 0) is 4.79 Å². The molecule has 20 heavy (non-hydrogen) atoms. The molecule has 4 N–H and O–H groups in total. The number of nitrogen functional groups attached to an aromatic ring is 1. The Labute approximate surface area is 125 Å². The first kappa shape index (κ1) is 14.7. The van der Waals surface area contributed by atoms with Crippen molar-refractivity contribution in [1.29, 1.82) is 0 Å². The molecule has 1 amide bonds. The number of carbonyl (C=O) groups is 1. The normalized spacial score (nSPS) is 12.1. The van der Waals surface area contributed by atoms with Gasteiger partial charge < -0.3 is 11.1 Å². The molecule has 1 atom stereocenters. The maximum absolute atomic E-state index is 11.8. The highest BCUT2D eigenvalue weighted by molar-refractivity contribution is 7.99. The van der Waals surface area contributed by atoms with E-state index in [1.54, 1.807) is 6.07 Å². The Bertz CT molecular complexity index is 603. The predicted molar refractivity (Wildman–Crippen MR) is 79.5 cm³/mol. The van der Waals surface area contributed by atoms with Crippen LogP contribution in [0, 0.1) is 0 Å². The number of aromatic nitrogens is 3. The number of rotatable bonds is 5. The summed E-state index contributed by atoms with van der Waals surface area (Å²) in [6.07, 6.45) is 0. The molecule has 0 fully saturated rings. The highest BCUT2D eigenvalue weighted by atomic mass is 35.5. The number of nitrogens with one attached hydrogen (secondary N) is 2. The average Bonchev–Trinajstić information content (AvgIpc) is 2.82. The first-order valence-electron chi connectivity index (χ1n) is 5.90. The van der Waals surface area contributed by atoms with E-state index in [0.29, 0.717) is 10.2 Å². The summed E-state index contributed by atoms with van der Waals surface area (Å²) in [6.45, 7) is 1.90. The molecule has 106 valence electrons. The van der Waals surface area contributed by atoms with Crippen LogP contribution in [0.5, 0.6) is 0 Å². The third-order valence-electron chi connectivity index (χ3n) is 2.54. The molecule has 8 heteroatoms. The molecule has 0 aliphatic carbocycles. The zero-order valence-electron chi connectivity index (χ0n) is 10.8. The quantitative estimate of drug-likeness (QED) is 0.734. The minimum Gasteiger partial charge on any atom is -0.368 e. The summed E-state index contributed by atoms with van der Waals surface area (Å²) < 4.78 is 0.